The number of halogens is 1. The van der Waals surface area contributed by atoms with Crippen LogP contribution in [0.15, 0.2) is 12.4 Å². The van der Waals surface area contributed by atoms with E-state index in [0.29, 0.717) is 6.42 Å². The van der Waals surface area contributed by atoms with Crippen LogP contribution in [0.4, 0.5) is 0 Å². The number of hydrogen-bond donors (Lipinski definition) is 3. The van der Waals surface area contributed by atoms with Crippen LogP contribution < -0.4 is 5.32 Å². The zero-order valence-corrected chi connectivity index (χ0v) is 12.1. The van der Waals surface area contributed by atoms with E-state index >= 15 is 0 Å². The maximum atomic E-state index is 11.9. The second-order valence-corrected chi connectivity index (χ2v) is 4.22. The Hall–Kier alpha value is -2.35. The molecule has 0 saturated heterocycles. The molecule has 0 fully saturated rings. The SMILES string of the molecule is CCCc1cc(O)c(C(=O)NCC(=O)O)c2ncnn12.Cl. The lowest BCUT2D eigenvalue weighted by molar-refractivity contribution is -0.135. The van der Waals surface area contributed by atoms with E-state index in [1.165, 1.54) is 16.9 Å². The first kappa shape index (κ1) is 16.7. The second kappa shape index (κ2) is 6.89. The molecule has 0 aliphatic rings. The van der Waals surface area contributed by atoms with E-state index in [1.54, 1.807) is 0 Å². The van der Waals surface area contributed by atoms with Gasteiger partial charge in [-0.25, -0.2) is 9.50 Å². The van der Waals surface area contributed by atoms with Crippen LogP contribution in [0.5, 0.6) is 5.75 Å². The summed E-state index contributed by atoms with van der Waals surface area (Å²) in [5, 5.41) is 24.7. The van der Waals surface area contributed by atoms with Crippen molar-refractivity contribution in [3.05, 3.63) is 23.7 Å². The van der Waals surface area contributed by atoms with Gasteiger partial charge in [0.1, 0.15) is 24.2 Å². The van der Waals surface area contributed by atoms with E-state index in [-0.39, 0.29) is 29.4 Å². The first-order valence-electron chi connectivity index (χ1n) is 6.09. The lowest BCUT2D eigenvalue weighted by Crippen LogP contribution is -2.29. The number of carbonyl (C=O) groups excluding carboxylic acids is 1. The number of nitrogens with zero attached hydrogens (tertiary/aromatic N) is 3. The fourth-order valence-corrected chi connectivity index (χ4v) is 1.92. The molecular weight excluding hydrogens is 300 g/mol. The number of pyridine rings is 1. The van der Waals surface area contributed by atoms with Crippen molar-refractivity contribution in [2.45, 2.75) is 19.8 Å². The predicted octanol–water partition coefficient (Wildman–Crippen LogP) is 0.624. The van der Waals surface area contributed by atoms with Gasteiger partial charge in [0.15, 0.2) is 5.65 Å². The lowest BCUT2D eigenvalue weighted by atomic mass is 10.1. The average Bonchev–Trinajstić information content (AvgIpc) is 2.85. The Morgan fingerprint density at radius 2 is 2.14 bits per heavy atom. The molecule has 0 saturated carbocycles. The molecule has 114 valence electrons. The maximum absolute atomic E-state index is 11.9. The molecule has 3 N–H and O–H groups in total. The van der Waals surface area contributed by atoms with Gasteiger partial charge in [-0.1, -0.05) is 13.3 Å². The summed E-state index contributed by atoms with van der Waals surface area (Å²) in [7, 11) is 0. The molecule has 0 unspecified atom stereocenters. The predicted molar refractivity (Wildman–Crippen MR) is 75.9 cm³/mol. The highest BCUT2D eigenvalue weighted by molar-refractivity contribution is 6.03. The summed E-state index contributed by atoms with van der Waals surface area (Å²) in [5.74, 6) is -2.11. The summed E-state index contributed by atoms with van der Waals surface area (Å²) >= 11 is 0. The van der Waals surface area contributed by atoms with E-state index < -0.39 is 18.4 Å². The van der Waals surface area contributed by atoms with E-state index in [4.69, 9.17) is 5.11 Å². The van der Waals surface area contributed by atoms with Crippen molar-refractivity contribution in [2.75, 3.05) is 6.54 Å². The van der Waals surface area contributed by atoms with Crippen molar-refractivity contribution in [3.63, 3.8) is 0 Å². The molecular formula is C12H15ClN4O4. The van der Waals surface area contributed by atoms with Crippen LogP contribution in [-0.2, 0) is 11.2 Å². The summed E-state index contributed by atoms with van der Waals surface area (Å²) in [6.07, 6.45) is 2.80. The van der Waals surface area contributed by atoms with Gasteiger partial charge >= 0.3 is 5.97 Å². The van der Waals surface area contributed by atoms with Gasteiger partial charge in [-0.3, -0.25) is 9.59 Å². The van der Waals surface area contributed by atoms with Crippen LogP contribution in [0.2, 0.25) is 0 Å². The van der Waals surface area contributed by atoms with Crippen molar-refractivity contribution < 1.29 is 19.8 Å². The fourth-order valence-electron chi connectivity index (χ4n) is 1.92. The highest BCUT2D eigenvalue weighted by Crippen LogP contribution is 2.23. The molecule has 0 bridgehead atoms. The number of aromatic nitrogens is 3. The van der Waals surface area contributed by atoms with E-state index in [9.17, 15) is 14.7 Å². The topological polar surface area (TPSA) is 117 Å². The van der Waals surface area contributed by atoms with Crippen molar-refractivity contribution in [1.82, 2.24) is 19.9 Å². The number of carbonyl (C=O) groups is 2. The number of hydrogen-bond acceptors (Lipinski definition) is 5. The smallest absolute Gasteiger partial charge is 0.322 e. The summed E-state index contributed by atoms with van der Waals surface area (Å²) in [4.78, 5) is 26.4. The number of amides is 1. The Kier molecular flexibility index (Phi) is 5.48. The molecule has 2 aromatic heterocycles. The molecule has 0 aromatic carbocycles. The average molecular weight is 315 g/mol. The first-order chi connectivity index (χ1) is 9.54. The normalized spacial score (nSPS) is 10.1. The minimum absolute atomic E-state index is 0. The third-order valence-corrected chi connectivity index (χ3v) is 2.74. The van der Waals surface area contributed by atoms with Gasteiger partial charge in [0, 0.05) is 11.8 Å². The van der Waals surface area contributed by atoms with E-state index in [0.717, 1.165) is 12.1 Å². The lowest BCUT2D eigenvalue weighted by Gasteiger charge is -2.09. The summed E-state index contributed by atoms with van der Waals surface area (Å²) in [6.45, 7) is 1.45. The van der Waals surface area contributed by atoms with Gasteiger partial charge in [-0.05, 0) is 6.42 Å². The van der Waals surface area contributed by atoms with Crippen molar-refractivity contribution >= 4 is 29.9 Å². The Balaban J connectivity index is 0.00000220. The molecule has 2 rings (SSSR count). The number of aliphatic carboxylic acids is 1. The molecule has 9 heteroatoms. The number of nitrogens with one attached hydrogen (secondary N) is 1. The monoisotopic (exact) mass is 314 g/mol. The molecule has 2 aromatic rings. The van der Waals surface area contributed by atoms with Crippen molar-refractivity contribution in [2.24, 2.45) is 0 Å². The highest BCUT2D eigenvalue weighted by Gasteiger charge is 2.20. The third kappa shape index (κ3) is 3.40. The Bertz CT molecular complexity index is 671. The molecule has 2 heterocycles. The number of rotatable bonds is 5. The molecule has 0 aliphatic carbocycles. The summed E-state index contributed by atoms with van der Waals surface area (Å²) in [6, 6.07) is 1.45. The van der Waals surface area contributed by atoms with Crippen LogP contribution in [0, 0.1) is 0 Å². The molecule has 0 atom stereocenters. The number of aryl methyl sites for hydroxylation is 1. The van der Waals surface area contributed by atoms with Gasteiger partial charge in [0.2, 0.25) is 0 Å². The van der Waals surface area contributed by atoms with Crippen LogP contribution >= 0.6 is 12.4 Å². The molecule has 0 radical (unpaired) electrons. The molecule has 0 aliphatic heterocycles. The quantitative estimate of drug-likeness (QED) is 0.745. The van der Waals surface area contributed by atoms with Crippen LogP contribution in [0.1, 0.15) is 29.4 Å². The molecule has 1 amide bonds. The minimum atomic E-state index is -1.17. The largest absolute Gasteiger partial charge is 0.507 e. The van der Waals surface area contributed by atoms with Gasteiger partial charge < -0.3 is 15.5 Å². The van der Waals surface area contributed by atoms with Gasteiger partial charge in [0.05, 0.1) is 0 Å². The maximum Gasteiger partial charge on any atom is 0.322 e. The second-order valence-electron chi connectivity index (χ2n) is 4.22. The summed E-state index contributed by atoms with van der Waals surface area (Å²) < 4.78 is 1.47. The number of aromatic hydroxyl groups is 1. The fraction of sp³-hybridized carbons (Fsp3) is 0.333. The van der Waals surface area contributed by atoms with Crippen LogP contribution in [0.3, 0.4) is 0 Å². The summed E-state index contributed by atoms with van der Waals surface area (Å²) in [5.41, 5.74) is 0.854. The van der Waals surface area contributed by atoms with Gasteiger partial charge in [-0.15, -0.1) is 12.4 Å². The van der Waals surface area contributed by atoms with Gasteiger partial charge in [-0.2, -0.15) is 5.10 Å². The van der Waals surface area contributed by atoms with Crippen LogP contribution in [0.25, 0.3) is 5.65 Å². The Labute approximate surface area is 126 Å². The number of carboxylic acid groups (broad SMARTS) is 1. The molecule has 0 spiro atoms. The number of fused-ring (bicyclic) bond motifs is 1. The number of carboxylic acids is 1. The minimum Gasteiger partial charge on any atom is -0.507 e. The molecule has 8 nitrogen and oxygen atoms in total. The van der Waals surface area contributed by atoms with Gasteiger partial charge in [0.25, 0.3) is 5.91 Å². The van der Waals surface area contributed by atoms with Crippen molar-refractivity contribution in [1.29, 1.82) is 0 Å². The standard InChI is InChI=1S/C12H14N4O4.ClH/c1-2-3-7-4-8(17)10(11-14-6-15-16(7)11)12(20)13-5-9(18)19;/h4,6,17H,2-3,5H2,1H3,(H,13,20)(H,18,19);1H. The Morgan fingerprint density at radius 1 is 1.43 bits per heavy atom. The van der Waals surface area contributed by atoms with E-state index in [2.05, 4.69) is 15.4 Å². The highest BCUT2D eigenvalue weighted by atomic mass is 35.5. The molecule has 21 heavy (non-hydrogen) atoms. The van der Waals surface area contributed by atoms with E-state index in [1.807, 2.05) is 6.92 Å². The first-order valence-corrected chi connectivity index (χ1v) is 6.09. The third-order valence-electron chi connectivity index (χ3n) is 2.74. The zero-order chi connectivity index (χ0) is 14.7. The zero-order valence-electron chi connectivity index (χ0n) is 11.2. The Morgan fingerprint density at radius 3 is 2.76 bits per heavy atom. The van der Waals surface area contributed by atoms with Crippen molar-refractivity contribution in [3.8, 4) is 5.75 Å². The van der Waals surface area contributed by atoms with Crippen LogP contribution in [-0.4, -0.2) is 43.2 Å².